The van der Waals surface area contributed by atoms with Gasteiger partial charge in [-0.2, -0.15) is 0 Å². The third-order valence-electron chi connectivity index (χ3n) is 6.99. The van der Waals surface area contributed by atoms with E-state index in [1.165, 1.54) is 12.1 Å². The molecule has 2 aliphatic rings. The van der Waals surface area contributed by atoms with E-state index < -0.39 is 0 Å². The summed E-state index contributed by atoms with van der Waals surface area (Å²) in [4.78, 5) is 17.8. The van der Waals surface area contributed by atoms with E-state index in [-0.39, 0.29) is 36.4 Å². The van der Waals surface area contributed by atoms with Gasteiger partial charge in [0.15, 0.2) is 11.5 Å². The molecule has 2 unspecified atom stereocenters. The molecule has 2 aliphatic heterocycles. The number of nitrogens with zero attached hydrogens (tertiary/aromatic N) is 2. The van der Waals surface area contributed by atoms with Crippen LogP contribution in [0.1, 0.15) is 41.3 Å². The standard InChI is InChI=1S/C29H31FN2O3/c1-20(2)32(29(33)23-6-4-3-5-7-23)17-24-16-31(18-26(24)22-9-11-25(30)12-10-22)15-21-8-13-27-28(14-21)35-19-34-27/h3-14,20,24,26H,15-19H2,1-2H3. The quantitative estimate of drug-likeness (QED) is 0.465. The zero-order chi connectivity index (χ0) is 24.4. The van der Waals surface area contributed by atoms with Crippen LogP contribution in [-0.2, 0) is 6.54 Å². The molecule has 5 rings (SSSR count). The fourth-order valence-electron chi connectivity index (χ4n) is 5.19. The molecule has 2 heterocycles. The van der Waals surface area contributed by atoms with E-state index in [1.54, 1.807) is 0 Å². The highest BCUT2D eigenvalue weighted by Crippen LogP contribution is 2.37. The molecular formula is C29H31FN2O3. The van der Waals surface area contributed by atoms with Gasteiger partial charge in [-0.05, 0) is 67.3 Å². The van der Waals surface area contributed by atoms with Crippen molar-refractivity contribution < 1.29 is 18.7 Å². The Hall–Kier alpha value is -3.38. The predicted octanol–water partition coefficient (Wildman–Crippen LogP) is 5.32. The SMILES string of the molecule is CC(C)N(CC1CN(Cc2ccc3c(c2)OCO3)CC1c1ccc(F)cc1)C(=O)c1ccccc1. The molecule has 1 saturated heterocycles. The van der Waals surface area contributed by atoms with Gasteiger partial charge in [-0.15, -0.1) is 0 Å². The Morgan fingerprint density at radius 3 is 2.49 bits per heavy atom. The minimum Gasteiger partial charge on any atom is -0.454 e. The maximum atomic E-state index is 13.7. The molecule has 1 amide bonds. The van der Waals surface area contributed by atoms with Crippen molar-refractivity contribution in [3.05, 3.63) is 95.3 Å². The van der Waals surface area contributed by atoms with Crippen molar-refractivity contribution in [1.82, 2.24) is 9.80 Å². The summed E-state index contributed by atoms with van der Waals surface area (Å²) in [6.07, 6.45) is 0. The van der Waals surface area contributed by atoms with Gasteiger partial charge >= 0.3 is 0 Å². The van der Waals surface area contributed by atoms with E-state index in [4.69, 9.17) is 9.47 Å². The fourth-order valence-corrected chi connectivity index (χ4v) is 5.19. The van der Waals surface area contributed by atoms with Crippen LogP contribution in [0.15, 0.2) is 72.8 Å². The van der Waals surface area contributed by atoms with Crippen molar-refractivity contribution in [3.63, 3.8) is 0 Å². The first kappa shape index (κ1) is 23.4. The minimum atomic E-state index is -0.233. The average Bonchev–Trinajstić information content (AvgIpc) is 3.49. The topological polar surface area (TPSA) is 42.0 Å². The van der Waals surface area contributed by atoms with Crippen LogP contribution in [-0.4, -0.2) is 48.2 Å². The number of halogens is 1. The molecule has 0 N–H and O–H groups in total. The average molecular weight is 475 g/mol. The Balaban J connectivity index is 1.37. The van der Waals surface area contributed by atoms with Gasteiger partial charge in [0.2, 0.25) is 6.79 Å². The zero-order valence-electron chi connectivity index (χ0n) is 20.2. The Morgan fingerprint density at radius 2 is 1.74 bits per heavy atom. The summed E-state index contributed by atoms with van der Waals surface area (Å²) in [6, 6.07) is 22.4. The van der Waals surface area contributed by atoms with E-state index in [1.807, 2.05) is 59.5 Å². The van der Waals surface area contributed by atoms with Gasteiger partial charge in [0.1, 0.15) is 5.82 Å². The molecule has 5 nitrogen and oxygen atoms in total. The van der Waals surface area contributed by atoms with E-state index in [0.29, 0.717) is 12.1 Å². The summed E-state index contributed by atoms with van der Waals surface area (Å²) in [7, 11) is 0. The Bertz CT molecular complexity index is 1170. The molecule has 0 spiro atoms. The lowest BCUT2D eigenvalue weighted by atomic mass is 9.88. The lowest BCUT2D eigenvalue weighted by molar-refractivity contribution is 0.0668. The van der Waals surface area contributed by atoms with Crippen molar-refractivity contribution >= 4 is 5.91 Å². The number of fused-ring (bicyclic) bond motifs is 1. The second-order valence-corrected chi connectivity index (χ2v) is 9.72. The van der Waals surface area contributed by atoms with Crippen molar-refractivity contribution in [3.8, 4) is 11.5 Å². The maximum absolute atomic E-state index is 13.7. The Morgan fingerprint density at radius 1 is 1.00 bits per heavy atom. The normalized spacial score (nSPS) is 19.3. The van der Waals surface area contributed by atoms with Crippen LogP contribution in [0.3, 0.4) is 0 Å². The number of carbonyl (C=O) groups excluding carboxylic acids is 1. The maximum Gasteiger partial charge on any atom is 0.254 e. The first-order valence-corrected chi connectivity index (χ1v) is 12.2. The molecule has 182 valence electrons. The number of amides is 1. The van der Waals surface area contributed by atoms with Crippen molar-refractivity contribution in [2.24, 2.45) is 5.92 Å². The van der Waals surface area contributed by atoms with E-state index >= 15 is 0 Å². The summed E-state index contributed by atoms with van der Waals surface area (Å²) in [5, 5.41) is 0. The van der Waals surface area contributed by atoms with Gasteiger partial charge in [0.05, 0.1) is 0 Å². The monoisotopic (exact) mass is 474 g/mol. The first-order valence-electron chi connectivity index (χ1n) is 12.2. The fraction of sp³-hybridized carbons (Fsp3) is 0.345. The van der Waals surface area contributed by atoms with Gasteiger partial charge in [-0.3, -0.25) is 9.69 Å². The molecule has 0 aromatic heterocycles. The molecule has 3 aromatic carbocycles. The summed E-state index contributed by atoms with van der Waals surface area (Å²) in [5.41, 5.74) is 2.98. The molecule has 35 heavy (non-hydrogen) atoms. The lowest BCUT2D eigenvalue weighted by Crippen LogP contribution is -2.42. The number of carbonyl (C=O) groups is 1. The Labute approximate surface area is 206 Å². The van der Waals surface area contributed by atoms with E-state index in [0.717, 1.165) is 42.3 Å². The second-order valence-electron chi connectivity index (χ2n) is 9.72. The van der Waals surface area contributed by atoms with Crippen LogP contribution in [0.25, 0.3) is 0 Å². The number of likely N-dealkylation sites (tertiary alicyclic amines) is 1. The van der Waals surface area contributed by atoms with E-state index in [2.05, 4.69) is 24.8 Å². The largest absolute Gasteiger partial charge is 0.454 e. The Kier molecular flexibility index (Phi) is 6.73. The summed E-state index contributed by atoms with van der Waals surface area (Å²) in [6.45, 7) is 7.50. The highest BCUT2D eigenvalue weighted by molar-refractivity contribution is 5.94. The van der Waals surface area contributed by atoms with E-state index in [9.17, 15) is 9.18 Å². The van der Waals surface area contributed by atoms with Gasteiger partial charge < -0.3 is 14.4 Å². The van der Waals surface area contributed by atoms with Crippen LogP contribution in [0.5, 0.6) is 11.5 Å². The molecular weight excluding hydrogens is 443 g/mol. The molecule has 0 bridgehead atoms. The van der Waals surface area contributed by atoms with Gasteiger partial charge in [-0.1, -0.05) is 36.4 Å². The van der Waals surface area contributed by atoms with Crippen LogP contribution in [0, 0.1) is 11.7 Å². The predicted molar refractivity (Wildman–Crippen MR) is 133 cm³/mol. The number of benzene rings is 3. The molecule has 3 aromatic rings. The molecule has 2 atom stereocenters. The van der Waals surface area contributed by atoms with Gasteiger partial charge in [0, 0.05) is 43.7 Å². The van der Waals surface area contributed by atoms with Crippen LogP contribution < -0.4 is 9.47 Å². The minimum absolute atomic E-state index is 0.0488. The molecule has 0 radical (unpaired) electrons. The summed E-state index contributed by atoms with van der Waals surface area (Å²) in [5.74, 6) is 1.81. The smallest absolute Gasteiger partial charge is 0.254 e. The van der Waals surface area contributed by atoms with Crippen LogP contribution in [0.4, 0.5) is 4.39 Å². The number of rotatable bonds is 7. The number of hydrogen-bond acceptors (Lipinski definition) is 4. The number of hydrogen-bond donors (Lipinski definition) is 0. The molecule has 1 fully saturated rings. The van der Waals surface area contributed by atoms with Crippen molar-refractivity contribution in [1.29, 1.82) is 0 Å². The third kappa shape index (κ3) is 5.17. The molecule has 6 heteroatoms. The summed E-state index contributed by atoms with van der Waals surface area (Å²) >= 11 is 0. The molecule has 0 aliphatic carbocycles. The van der Waals surface area contributed by atoms with Crippen LogP contribution >= 0.6 is 0 Å². The third-order valence-corrected chi connectivity index (χ3v) is 6.99. The van der Waals surface area contributed by atoms with Gasteiger partial charge in [0.25, 0.3) is 5.91 Å². The highest BCUT2D eigenvalue weighted by Gasteiger charge is 2.36. The molecule has 0 saturated carbocycles. The lowest BCUT2D eigenvalue weighted by Gasteiger charge is -2.32. The second kappa shape index (κ2) is 10.1. The highest BCUT2D eigenvalue weighted by atomic mass is 19.1. The van der Waals surface area contributed by atoms with Crippen molar-refractivity contribution in [2.75, 3.05) is 26.4 Å². The summed E-state index contributed by atoms with van der Waals surface area (Å²) < 4.78 is 24.7. The van der Waals surface area contributed by atoms with Gasteiger partial charge in [-0.25, -0.2) is 4.39 Å². The van der Waals surface area contributed by atoms with Crippen LogP contribution in [0.2, 0.25) is 0 Å². The van der Waals surface area contributed by atoms with Crippen molar-refractivity contribution in [2.45, 2.75) is 32.4 Å². The zero-order valence-corrected chi connectivity index (χ0v) is 20.2. The first-order chi connectivity index (χ1) is 17.0. The number of ether oxygens (including phenoxy) is 2.